The lowest BCUT2D eigenvalue weighted by atomic mass is 9.93. The standard InChI is InChI=1S/C64H66N8O8/c1-33-25-41(69(9)37(5)73)26-34(2)57(33)60-45-17-19-47(65-45)61(58-35(3)27-42(29-53(58)77-13)70(10)38(6)74)49-21-23-51(67-49)63(64-55(79-15)31-44(32-56(64)80-16)72(12)40(8)76)52-24-22-50(68-52)62(48-20-18-46(60)66-48)59-36(4)28-43(30-54(59)78-14)71(11)39(7)75/h17-32,65,68H,1-16H3. The van der Waals surface area contributed by atoms with Crippen molar-refractivity contribution in [3.63, 3.8) is 0 Å². The molecule has 0 atom stereocenters. The average Bonchev–Trinajstić information content (AvgIpc) is 4.33. The van der Waals surface area contributed by atoms with Gasteiger partial charge in [-0.15, -0.1) is 0 Å². The highest BCUT2D eigenvalue weighted by Gasteiger charge is 2.28. The van der Waals surface area contributed by atoms with E-state index in [0.29, 0.717) is 102 Å². The Labute approximate surface area is 465 Å². The predicted molar refractivity (Wildman–Crippen MR) is 322 cm³/mol. The molecule has 410 valence electrons. The molecule has 0 unspecified atom stereocenters. The van der Waals surface area contributed by atoms with Crippen molar-refractivity contribution in [2.24, 2.45) is 0 Å². The summed E-state index contributed by atoms with van der Waals surface area (Å²) in [4.78, 5) is 76.2. The van der Waals surface area contributed by atoms with Crippen LogP contribution in [-0.2, 0) is 19.2 Å². The van der Waals surface area contributed by atoms with E-state index in [2.05, 4.69) is 9.97 Å². The third-order valence-electron chi connectivity index (χ3n) is 15.2. The summed E-state index contributed by atoms with van der Waals surface area (Å²) in [5, 5.41) is 0. The maximum Gasteiger partial charge on any atom is 0.223 e. The van der Waals surface area contributed by atoms with Crippen molar-refractivity contribution >= 4 is 92.7 Å². The molecule has 5 heterocycles. The van der Waals surface area contributed by atoms with E-state index in [0.717, 1.165) is 55.7 Å². The van der Waals surface area contributed by atoms with Crippen LogP contribution in [0.15, 0.2) is 72.8 Å². The number of aromatic nitrogens is 4. The molecule has 2 aliphatic heterocycles. The van der Waals surface area contributed by atoms with E-state index in [-0.39, 0.29) is 23.6 Å². The Balaban J connectivity index is 1.53. The maximum atomic E-state index is 12.8. The van der Waals surface area contributed by atoms with Gasteiger partial charge < -0.3 is 48.5 Å². The number of fused-ring (bicyclic) bond motifs is 8. The number of aromatic amines is 2. The van der Waals surface area contributed by atoms with Gasteiger partial charge in [-0.05, 0) is 128 Å². The van der Waals surface area contributed by atoms with E-state index in [1.807, 2.05) is 113 Å². The van der Waals surface area contributed by atoms with E-state index >= 15 is 0 Å². The molecule has 0 aliphatic carbocycles. The number of anilines is 4. The second-order valence-electron chi connectivity index (χ2n) is 20.2. The van der Waals surface area contributed by atoms with Gasteiger partial charge in [0, 0.05) is 153 Å². The van der Waals surface area contributed by atoms with E-state index in [1.165, 1.54) is 25.7 Å². The van der Waals surface area contributed by atoms with Gasteiger partial charge in [0.25, 0.3) is 0 Å². The summed E-state index contributed by atoms with van der Waals surface area (Å²) in [6.45, 7) is 14.1. The number of rotatable bonds is 12. The van der Waals surface area contributed by atoms with E-state index in [1.54, 1.807) is 90.4 Å². The molecular formula is C64H66N8O8. The normalized spacial score (nSPS) is 11.6. The fourth-order valence-corrected chi connectivity index (χ4v) is 10.7. The number of carbonyl (C=O) groups excluding carboxylic acids is 4. The number of hydrogen-bond acceptors (Lipinski definition) is 10. The fraction of sp³-hybridized carbons (Fsp3) is 0.250. The van der Waals surface area contributed by atoms with Crippen LogP contribution in [0.4, 0.5) is 22.7 Å². The molecule has 2 aliphatic rings. The Kier molecular flexibility index (Phi) is 15.1. The van der Waals surface area contributed by atoms with Gasteiger partial charge in [-0.2, -0.15) is 0 Å². The molecule has 3 aromatic heterocycles. The minimum Gasteiger partial charge on any atom is -0.496 e. The zero-order valence-corrected chi connectivity index (χ0v) is 48.2. The van der Waals surface area contributed by atoms with Crippen molar-refractivity contribution in [1.29, 1.82) is 0 Å². The van der Waals surface area contributed by atoms with Gasteiger partial charge in [0.1, 0.15) is 23.0 Å². The topological polar surface area (TPSA) is 176 Å². The van der Waals surface area contributed by atoms with Crippen LogP contribution in [0.25, 0.3) is 90.9 Å². The summed E-state index contributed by atoms with van der Waals surface area (Å²) in [5.41, 5.74) is 17.1. The van der Waals surface area contributed by atoms with Crippen LogP contribution in [0, 0.1) is 27.7 Å². The second-order valence-corrected chi connectivity index (χ2v) is 20.2. The Bertz CT molecular complexity index is 3870. The summed E-state index contributed by atoms with van der Waals surface area (Å²) < 4.78 is 25.0. The van der Waals surface area contributed by atoms with Gasteiger partial charge in [0.15, 0.2) is 0 Å². The van der Waals surface area contributed by atoms with Crippen molar-refractivity contribution in [2.45, 2.75) is 55.4 Å². The van der Waals surface area contributed by atoms with Crippen molar-refractivity contribution in [1.82, 2.24) is 19.9 Å². The number of methoxy groups -OCH3 is 4. The van der Waals surface area contributed by atoms with E-state index in [4.69, 9.17) is 28.9 Å². The molecule has 4 amide bonds. The number of benzene rings is 4. The average molecular weight is 1080 g/mol. The molecule has 0 saturated carbocycles. The highest BCUT2D eigenvalue weighted by Crippen LogP contribution is 2.49. The summed E-state index contributed by atoms with van der Waals surface area (Å²) in [6.07, 6.45) is 7.94. The summed E-state index contributed by atoms with van der Waals surface area (Å²) in [6, 6.07) is 23.3. The van der Waals surface area contributed by atoms with Gasteiger partial charge in [-0.25, -0.2) is 9.97 Å². The van der Waals surface area contributed by atoms with Crippen molar-refractivity contribution in [2.75, 3.05) is 76.2 Å². The molecule has 4 aromatic carbocycles. The van der Waals surface area contributed by atoms with E-state index in [9.17, 15) is 19.2 Å². The Morgan fingerprint density at radius 2 is 0.575 bits per heavy atom. The van der Waals surface area contributed by atoms with Gasteiger partial charge in [0.2, 0.25) is 23.6 Å². The molecule has 80 heavy (non-hydrogen) atoms. The van der Waals surface area contributed by atoms with Crippen LogP contribution in [0.2, 0.25) is 0 Å². The first-order chi connectivity index (χ1) is 38.1. The predicted octanol–water partition coefficient (Wildman–Crippen LogP) is 12.5. The smallest absolute Gasteiger partial charge is 0.223 e. The minimum absolute atomic E-state index is 0.0927. The zero-order chi connectivity index (χ0) is 57.8. The molecule has 0 spiro atoms. The molecule has 7 aromatic rings. The van der Waals surface area contributed by atoms with Crippen molar-refractivity contribution in [3.05, 3.63) is 118 Å². The number of H-pyrrole nitrogens is 2. The number of carbonyl (C=O) groups is 4. The van der Waals surface area contributed by atoms with Crippen LogP contribution in [-0.4, -0.2) is 100 Å². The van der Waals surface area contributed by atoms with Crippen LogP contribution in [0.3, 0.4) is 0 Å². The molecule has 0 radical (unpaired) electrons. The number of hydrogen-bond donors (Lipinski definition) is 2. The molecule has 0 fully saturated rings. The lowest BCUT2D eigenvalue weighted by Gasteiger charge is -2.21. The first kappa shape index (κ1) is 55.3. The Morgan fingerprint density at radius 1 is 0.350 bits per heavy atom. The number of nitrogens with one attached hydrogen (secondary N) is 2. The van der Waals surface area contributed by atoms with Crippen LogP contribution in [0.5, 0.6) is 23.0 Å². The van der Waals surface area contributed by atoms with Crippen LogP contribution < -0.4 is 38.5 Å². The molecule has 0 saturated heterocycles. The third kappa shape index (κ3) is 9.81. The molecule has 2 N–H and O–H groups in total. The van der Waals surface area contributed by atoms with Crippen molar-refractivity contribution < 1.29 is 38.1 Å². The molecular weight excluding hydrogens is 1010 g/mol. The first-order valence-electron chi connectivity index (χ1n) is 26.0. The quantitative estimate of drug-likeness (QED) is 0.120. The Morgan fingerprint density at radius 3 is 0.850 bits per heavy atom. The molecule has 9 rings (SSSR count). The molecule has 16 heteroatoms. The maximum absolute atomic E-state index is 12.8. The Hall–Kier alpha value is -9.44. The van der Waals surface area contributed by atoms with Crippen LogP contribution in [0.1, 0.15) is 72.7 Å². The summed E-state index contributed by atoms with van der Waals surface area (Å²) in [7, 11) is 13.3. The third-order valence-corrected chi connectivity index (χ3v) is 15.2. The number of ether oxygens (including phenoxy) is 4. The highest BCUT2D eigenvalue weighted by atomic mass is 16.5. The van der Waals surface area contributed by atoms with Crippen LogP contribution >= 0.6 is 0 Å². The summed E-state index contributed by atoms with van der Waals surface area (Å²) in [5.74, 6) is 1.33. The minimum atomic E-state index is -0.178. The van der Waals surface area contributed by atoms with E-state index < -0.39 is 0 Å². The lowest BCUT2D eigenvalue weighted by Crippen LogP contribution is -2.23. The highest BCUT2D eigenvalue weighted by molar-refractivity contribution is 6.05. The van der Waals surface area contributed by atoms with Gasteiger partial charge in [0.05, 0.1) is 62.5 Å². The van der Waals surface area contributed by atoms with Gasteiger partial charge in [-0.3, -0.25) is 19.2 Å². The number of aryl methyl sites for hydroxylation is 4. The van der Waals surface area contributed by atoms with Gasteiger partial charge in [-0.1, -0.05) is 0 Å². The first-order valence-corrected chi connectivity index (χ1v) is 26.0. The second kappa shape index (κ2) is 21.8. The summed E-state index contributed by atoms with van der Waals surface area (Å²) >= 11 is 0. The van der Waals surface area contributed by atoms with Gasteiger partial charge >= 0.3 is 0 Å². The largest absolute Gasteiger partial charge is 0.496 e. The van der Waals surface area contributed by atoms with Crippen molar-refractivity contribution in [3.8, 4) is 67.5 Å². The molecule has 8 bridgehead atoms. The zero-order valence-electron chi connectivity index (χ0n) is 48.2. The number of nitrogens with zero attached hydrogens (tertiary/aromatic N) is 6. The molecule has 16 nitrogen and oxygen atoms in total. The number of amides is 4. The SMILES string of the molecule is COc1cc(N(C)C(C)=O)cc(C)c1-c1c2nc(c(-c3c(OC)cc(N(C)C(C)=O)cc3OC)c3ccc([nH]3)c(-c3c(C)cc(N(C)C(C)=O)cc3OC)c3nc(c(-c4c(C)cc(N(C)C(C)=O)cc4C)c4ccc1[nH]4)C=C3)C=C2. The monoisotopic (exact) mass is 1070 g/mol. The fourth-order valence-electron chi connectivity index (χ4n) is 10.7. The lowest BCUT2D eigenvalue weighted by molar-refractivity contribution is -0.117.